The van der Waals surface area contributed by atoms with E-state index in [2.05, 4.69) is 33.4 Å². The number of nitrogens with one attached hydrogen (secondary N) is 1. The summed E-state index contributed by atoms with van der Waals surface area (Å²) in [5.41, 5.74) is 2.94. The maximum Gasteiger partial charge on any atom is 0.252 e. The predicted octanol–water partition coefficient (Wildman–Crippen LogP) is 5.16. The minimum Gasteiger partial charge on any atom is -0.345 e. The van der Waals surface area contributed by atoms with Gasteiger partial charge in [-0.1, -0.05) is 72.8 Å². The quantitative estimate of drug-likeness (QED) is 0.651. The second-order valence-corrected chi connectivity index (χ2v) is 6.46. The van der Waals surface area contributed by atoms with Crippen LogP contribution in [-0.2, 0) is 6.42 Å². The lowest BCUT2D eigenvalue weighted by Crippen LogP contribution is -2.30. The molecule has 0 aromatic heterocycles. The zero-order valence-electron chi connectivity index (χ0n) is 13.2. The fraction of sp³-hybridized carbons (Fsp3) is 0.0952. The Morgan fingerprint density at radius 1 is 0.833 bits per heavy atom. The molecule has 0 spiro atoms. The molecule has 2 nitrogen and oxygen atoms in total. The van der Waals surface area contributed by atoms with Crippen LogP contribution in [0.2, 0.25) is 0 Å². The summed E-state index contributed by atoms with van der Waals surface area (Å²) in [6, 6.07) is 27.7. The van der Waals surface area contributed by atoms with Crippen LogP contribution in [0.1, 0.15) is 27.5 Å². The van der Waals surface area contributed by atoms with E-state index in [0.717, 1.165) is 16.5 Å². The van der Waals surface area contributed by atoms with Gasteiger partial charge in [-0.2, -0.15) is 0 Å². The molecule has 120 valence electrons. The Morgan fingerprint density at radius 2 is 1.42 bits per heavy atom. The molecule has 1 atom stereocenters. The predicted molar refractivity (Wildman–Crippen MR) is 101 cm³/mol. The fourth-order valence-electron chi connectivity index (χ4n) is 2.67. The Labute approximate surface area is 150 Å². The van der Waals surface area contributed by atoms with Crippen molar-refractivity contribution in [2.75, 3.05) is 0 Å². The zero-order chi connectivity index (χ0) is 16.8. The molecule has 0 aliphatic heterocycles. The minimum atomic E-state index is -0.0766. The molecule has 1 amide bonds. The molecule has 1 N–H and O–H groups in total. The van der Waals surface area contributed by atoms with Gasteiger partial charge in [0.05, 0.1) is 11.6 Å². The van der Waals surface area contributed by atoms with Crippen LogP contribution >= 0.6 is 15.9 Å². The van der Waals surface area contributed by atoms with Crippen molar-refractivity contribution in [1.82, 2.24) is 5.32 Å². The molecule has 0 aliphatic rings. The number of benzene rings is 3. The van der Waals surface area contributed by atoms with Crippen molar-refractivity contribution in [3.63, 3.8) is 0 Å². The molecule has 3 aromatic rings. The molecule has 3 aromatic carbocycles. The smallest absolute Gasteiger partial charge is 0.252 e. The molecule has 0 radical (unpaired) electrons. The largest absolute Gasteiger partial charge is 0.345 e. The van der Waals surface area contributed by atoms with Crippen LogP contribution in [0.5, 0.6) is 0 Å². The van der Waals surface area contributed by atoms with Crippen molar-refractivity contribution in [2.45, 2.75) is 12.5 Å². The van der Waals surface area contributed by atoms with Crippen molar-refractivity contribution in [3.05, 3.63) is 106 Å². The molecule has 1 unspecified atom stereocenters. The van der Waals surface area contributed by atoms with Crippen molar-refractivity contribution in [1.29, 1.82) is 0 Å². The monoisotopic (exact) mass is 379 g/mol. The van der Waals surface area contributed by atoms with E-state index in [1.165, 1.54) is 5.56 Å². The number of hydrogen-bond acceptors (Lipinski definition) is 1. The highest BCUT2D eigenvalue weighted by Crippen LogP contribution is 2.21. The average molecular weight is 380 g/mol. The maximum atomic E-state index is 12.7. The summed E-state index contributed by atoms with van der Waals surface area (Å²) in [6.45, 7) is 0. The second kappa shape index (κ2) is 7.93. The Bertz CT molecular complexity index is 802. The Morgan fingerprint density at radius 3 is 2.08 bits per heavy atom. The molecular weight excluding hydrogens is 362 g/mol. The lowest BCUT2D eigenvalue weighted by atomic mass is 9.98. The molecule has 0 fully saturated rings. The van der Waals surface area contributed by atoms with Gasteiger partial charge in [0, 0.05) is 4.47 Å². The van der Waals surface area contributed by atoms with E-state index in [9.17, 15) is 4.79 Å². The van der Waals surface area contributed by atoms with E-state index in [-0.39, 0.29) is 11.9 Å². The molecular formula is C21H18BrNO. The number of rotatable bonds is 5. The summed E-state index contributed by atoms with van der Waals surface area (Å²) >= 11 is 3.45. The van der Waals surface area contributed by atoms with Crippen molar-refractivity contribution in [2.24, 2.45) is 0 Å². The Balaban J connectivity index is 1.85. The first-order valence-corrected chi connectivity index (χ1v) is 8.67. The van der Waals surface area contributed by atoms with Crippen LogP contribution in [-0.4, -0.2) is 5.91 Å². The molecule has 0 aliphatic carbocycles. The number of hydrogen-bond donors (Lipinski definition) is 1. The molecule has 24 heavy (non-hydrogen) atoms. The number of carbonyl (C=O) groups is 1. The molecule has 0 heterocycles. The van der Waals surface area contributed by atoms with Gasteiger partial charge in [-0.15, -0.1) is 0 Å². The van der Waals surface area contributed by atoms with Crippen molar-refractivity contribution in [3.8, 4) is 0 Å². The molecule has 3 heteroatoms. The Kier molecular flexibility index (Phi) is 5.44. The Hall–Kier alpha value is -2.39. The normalized spacial score (nSPS) is 11.7. The summed E-state index contributed by atoms with van der Waals surface area (Å²) in [7, 11) is 0. The van der Waals surface area contributed by atoms with E-state index in [4.69, 9.17) is 0 Å². The van der Waals surface area contributed by atoms with E-state index >= 15 is 0 Å². The summed E-state index contributed by atoms with van der Waals surface area (Å²) in [5.74, 6) is -0.0766. The zero-order valence-corrected chi connectivity index (χ0v) is 14.7. The van der Waals surface area contributed by atoms with Crippen LogP contribution in [0.4, 0.5) is 0 Å². The summed E-state index contributed by atoms with van der Waals surface area (Å²) < 4.78 is 0.800. The topological polar surface area (TPSA) is 29.1 Å². The van der Waals surface area contributed by atoms with Gasteiger partial charge in [-0.3, -0.25) is 4.79 Å². The summed E-state index contributed by atoms with van der Waals surface area (Å²) in [6.07, 6.45) is 0.751. The second-order valence-electron chi connectivity index (χ2n) is 5.61. The first-order valence-electron chi connectivity index (χ1n) is 7.88. The number of carbonyl (C=O) groups excluding carboxylic acids is 1. The first kappa shape index (κ1) is 16.5. The van der Waals surface area contributed by atoms with Crippen molar-refractivity contribution >= 4 is 21.8 Å². The van der Waals surface area contributed by atoms with Crippen LogP contribution < -0.4 is 5.32 Å². The van der Waals surface area contributed by atoms with E-state index in [1.807, 2.05) is 72.8 Å². The van der Waals surface area contributed by atoms with E-state index in [1.54, 1.807) is 0 Å². The minimum absolute atomic E-state index is 0.0757. The van der Waals surface area contributed by atoms with Crippen LogP contribution in [0.25, 0.3) is 0 Å². The standard InChI is InChI=1S/C21H18BrNO/c22-19-14-8-7-13-18(19)21(24)23-20(17-11-5-2-6-12-17)15-16-9-3-1-4-10-16/h1-14,20H,15H2,(H,23,24). The van der Waals surface area contributed by atoms with Crippen LogP contribution in [0, 0.1) is 0 Å². The highest BCUT2D eigenvalue weighted by atomic mass is 79.9. The number of amides is 1. The van der Waals surface area contributed by atoms with E-state index < -0.39 is 0 Å². The van der Waals surface area contributed by atoms with Gasteiger partial charge in [0.25, 0.3) is 5.91 Å². The maximum absolute atomic E-state index is 12.7. The van der Waals surface area contributed by atoms with Crippen LogP contribution in [0.15, 0.2) is 89.4 Å². The van der Waals surface area contributed by atoms with Crippen LogP contribution in [0.3, 0.4) is 0 Å². The first-order chi connectivity index (χ1) is 11.7. The van der Waals surface area contributed by atoms with Gasteiger partial charge >= 0.3 is 0 Å². The summed E-state index contributed by atoms with van der Waals surface area (Å²) in [4.78, 5) is 12.7. The van der Waals surface area contributed by atoms with Gasteiger partial charge in [-0.25, -0.2) is 0 Å². The lowest BCUT2D eigenvalue weighted by Gasteiger charge is -2.20. The lowest BCUT2D eigenvalue weighted by molar-refractivity contribution is 0.0935. The highest BCUT2D eigenvalue weighted by molar-refractivity contribution is 9.10. The average Bonchev–Trinajstić information content (AvgIpc) is 2.63. The highest BCUT2D eigenvalue weighted by Gasteiger charge is 2.17. The van der Waals surface area contributed by atoms with Gasteiger partial charge in [-0.05, 0) is 45.6 Å². The molecule has 0 bridgehead atoms. The van der Waals surface area contributed by atoms with Crippen molar-refractivity contribution < 1.29 is 4.79 Å². The molecule has 0 saturated carbocycles. The third-order valence-corrected chi connectivity index (χ3v) is 4.60. The SMILES string of the molecule is O=C(NC(Cc1ccccc1)c1ccccc1)c1ccccc1Br. The third kappa shape index (κ3) is 4.12. The molecule has 3 rings (SSSR count). The third-order valence-electron chi connectivity index (χ3n) is 3.91. The van der Waals surface area contributed by atoms with Gasteiger partial charge in [0.15, 0.2) is 0 Å². The van der Waals surface area contributed by atoms with Gasteiger partial charge in [0.2, 0.25) is 0 Å². The summed E-state index contributed by atoms with van der Waals surface area (Å²) in [5, 5.41) is 3.17. The van der Waals surface area contributed by atoms with E-state index in [0.29, 0.717) is 5.56 Å². The molecule has 0 saturated heterocycles. The van der Waals surface area contributed by atoms with Gasteiger partial charge in [0.1, 0.15) is 0 Å². The van der Waals surface area contributed by atoms with Gasteiger partial charge < -0.3 is 5.32 Å². The fourth-order valence-corrected chi connectivity index (χ4v) is 3.13. The number of halogens is 1.